The largest absolute Gasteiger partial charge is 0.394 e. The lowest BCUT2D eigenvalue weighted by atomic mass is 10.0. The van der Waals surface area contributed by atoms with Gasteiger partial charge in [0.25, 0.3) is 0 Å². The van der Waals surface area contributed by atoms with E-state index < -0.39 is 36.9 Å². The maximum atomic E-state index is 12.4. The van der Waals surface area contributed by atoms with Gasteiger partial charge in [0.15, 0.2) is 11.7 Å². The molecule has 0 aromatic rings. The summed E-state index contributed by atoms with van der Waals surface area (Å²) in [6.45, 7) is 3.00. The van der Waals surface area contributed by atoms with Crippen molar-refractivity contribution in [2.75, 3.05) is 27.2 Å². The van der Waals surface area contributed by atoms with Crippen molar-refractivity contribution in [3.8, 4) is 0 Å². The number of ether oxygens (including phenoxy) is 1. The summed E-state index contributed by atoms with van der Waals surface area (Å²) in [6, 6.07) is 0. The van der Waals surface area contributed by atoms with E-state index in [1.165, 1.54) is 12.1 Å². The number of nitrogens with two attached hydrogens (primary N) is 1. The third-order valence-electron chi connectivity index (χ3n) is 3.95. The quantitative estimate of drug-likeness (QED) is 0.254. The molecule has 1 saturated heterocycles. The lowest BCUT2D eigenvalue weighted by molar-refractivity contribution is -0.109. The minimum absolute atomic E-state index is 0.0166. The minimum Gasteiger partial charge on any atom is -0.394 e. The highest BCUT2D eigenvalue weighted by Gasteiger charge is 2.42. The SMILES string of the molecule is C=N/C(CN[C@H]1O[C@H](CO)C(O)C1O)=C1/C(=O)C(N)=NN(C)/C1=N/C. The van der Waals surface area contributed by atoms with Crippen molar-refractivity contribution < 1.29 is 24.9 Å². The topological polar surface area (TPSA) is 165 Å². The monoisotopic (exact) mass is 354 g/mol. The van der Waals surface area contributed by atoms with Gasteiger partial charge in [0.1, 0.15) is 24.5 Å². The number of nitrogens with one attached hydrogen (secondary N) is 1. The van der Waals surface area contributed by atoms with E-state index >= 15 is 0 Å². The van der Waals surface area contributed by atoms with E-state index in [2.05, 4.69) is 27.1 Å². The van der Waals surface area contributed by atoms with Crippen molar-refractivity contribution in [1.29, 1.82) is 0 Å². The number of aliphatic hydroxyl groups is 3. The van der Waals surface area contributed by atoms with Gasteiger partial charge in [-0.05, 0) is 6.72 Å². The fourth-order valence-corrected chi connectivity index (χ4v) is 2.65. The van der Waals surface area contributed by atoms with Gasteiger partial charge < -0.3 is 25.8 Å². The molecule has 2 aliphatic rings. The van der Waals surface area contributed by atoms with Gasteiger partial charge in [0.05, 0.1) is 17.9 Å². The molecule has 0 aromatic heterocycles. The Morgan fingerprint density at radius 3 is 2.68 bits per heavy atom. The normalized spacial score (nSPS) is 33.6. The van der Waals surface area contributed by atoms with Gasteiger partial charge in [-0.15, -0.1) is 5.10 Å². The zero-order valence-corrected chi connectivity index (χ0v) is 14.0. The van der Waals surface area contributed by atoms with Gasteiger partial charge in [-0.3, -0.25) is 20.1 Å². The molecule has 0 amide bonds. The first-order valence-corrected chi connectivity index (χ1v) is 7.51. The first-order chi connectivity index (χ1) is 11.8. The molecule has 0 radical (unpaired) electrons. The highest BCUT2D eigenvalue weighted by Crippen LogP contribution is 2.21. The molecule has 2 rings (SSSR count). The molecule has 0 spiro atoms. The highest BCUT2D eigenvalue weighted by atomic mass is 16.6. The fourth-order valence-electron chi connectivity index (χ4n) is 2.65. The Labute approximate surface area is 144 Å². The number of carbonyl (C=O) groups excluding carboxylic acids is 1. The van der Waals surface area contributed by atoms with E-state index in [0.29, 0.717) is 0 Å². The summed E-state index contributed by atoms with van der Waals surface area (Å²) in [5, 5.41) is 36.8. The number of aliphatic hydroxyl groups excluding tert-OH is 3. The number of amidine groups is 2. The van der Waals surface area contributed by atoms with Gasteiger partial charge >= 0.3 is 0 Å². The van der Waals surface area contributed by atoms with Crippen molar-refractivity contribution in [3.05, 3.63) is 11.3 Å². The van der Waals surface area contributed by atoms with E-state index in [1.807, 2.05) is 0 Å². The highest BCUT2D eigenvalue weighted by molar-refractivity contribution is 6.52. The summed E-state index contributed by atoms with van der Waals surface area (Å²) in [6.07, 6.45) is -4.33. The maximum absolute atomic E-state index is 12.4. The standard InChI is InChI=1S/C14H22N6O5/c1-16-6(4-18-14-11(24)9(22)7(5-21)25-14)8-10(23)12(15)19-20(3)13(8)17-2/h7,9,11,14,18,21-22,24H,1,4-5H2,2-3H3,(H2,15,19)/b8-6-,17-13+/t7-,9?,11?,14+/m1/s1. The summed E-state index contributed by atoms with van der Waals surface area (Å²) in [5.74, 6) is -0.479. The number of ketones is 1. The molecule has 2 heterocycles. The van der Waals surface area contributed by atoms with Crippen LogP contribution in [0.5, 0.6) is 0 Å². The van der Waals surface area contributed by atoms with Crippen LogP contribution < -0.4 is 11.1 Å². The summed E-state index contributed by atoms with van der Waals surface area (Å²) in [7, 11) is 3.08. The van der Waals surface area contributed by atoms with Crippen LogP contribution >= 0.6 is 0 Å². The lowest BCUT2D eigenvalue weighted by Crippen LogP contribution is -2.44. The van der Waals surface area contributed by atoms with Crippen LogP contribution in [-0.2, 0) is 9.53 Å². The van der Waals surface area contributed by atoms with Crippen molar-refractivity contribution >= 4 is 24.2 Å². The van der Waals surface area contributed by atoms with Gasteiger partial charge in [0, 0.05) is 20.6 Å². The average Bonchev–Trinajstić information content (AvgIpc) is 2.87. The smallest absolute Gasteiger partial charge is 0.235 e. The number of likely N-dealkylation sites (N-methyl/N-ethyl adjacent to an activating group) is 1. The zero-order chi connectivity index (χ0) is 18.7. The molecular weight excluding hydrogens is 332 g/mol. The van der Waals surface area contributed by atoms with E-state index in [4.69, 9.17) is 15.6 Å². The van der Waals surface area contributed by atoms with E-state index in [9.17, 15) is 15.0 Å². The fraction of sp³-hybridized carbons (Fsp3) is 0.571. The molecule has 1 fully saturated rings. The van der Waals surface area contributed by atoms with Crippen LogP contribution in [0.2, 0.25) is 0 Å². The van der Waals surface area contributed by atoms with Crippen LogP contribution in [0.4, 0.5) is 0 Å². The summed E-state index contributed by atoms with van der Waals surface area (Å²) in [5.41, 5.74) is 5.99. The molecule has 0 bridgehead atoms. The van der Waals surface area contributed by atoms with Gasteiger partial charge in [0.2, 0.25) is 5.78 Å². The van der Waals surface area contributed by atoms with E-state index in [-0.39, 0.29) is 29.5 Å². The molecule has 0 aliphatic carbocycles. The summed E-state index contributed by atoms with van der Waals surface area (Å²) >= 11 is 0. The van der Waals surface area contributed by atoms with Crippen molar-refractivity contribution in [1.82, 2.24) is 10.3 Å². The molecule has 2 unspecified atom stereocenters. The van der Waals surface area contributed by atoms with Gasteiger partial charge in [-0.1, -0.05) is 0 Å². The molecule has 138 valence electrons. The number of hydrogen-bond acceptors (Lipinski definition) is 10. The number of aliphatic imine (C=N–C) groups is 2. The number of Topliss-reactive ketones (excluding diaryl/α,β-unsaturated/α-hetero) is 1. The van der Waals surface area contributed by atoms with E-state index in [1.54, 1.807) is 7.05 Å². The number of nitrogens with zero attached hydrogens (tertiary/aromatic N) is 4. The molecule has 6 N–H and O–H groups in total. The molecule has 25 heavy (non-hydrogen) atoms. The molecular formula is C14H22N6O5. The first-order valence-electron chi connectivity index (χ1n) is 7.51. The van der Waals surface area contributed by atoms with Crippen LogP contribution in [0, 0.1) is 0 Å². The van der Waals surface area contributed by atoms with E-state index in [0.717, 1.165) is 0 Å². The van der Waals surface area contributed by atoms with Crippen molar-refractivity contribution in [3.63, 3.8) is 0 Å². The molecule has 0 saturated carbocycles. The number of hydrogen-bond donors (Lipinski definition) is 5. The summed E-state index contributed by atoms with van der Waals surface area (Å²) < 4.78 is 5.32. The minimum atomic E-state index is -1.25. The zero-order valence-electron chi connectivity index (χ0n) is 14.0. The second-order valence-corrected chi connectivity index (χ2v) is 5.50. The predicted octanol–water partition coefficient (Wildman–Crippen LogP) is -3.22. The van der Waals surface area contributed by atoms with Crippen LogP contribution in [0.1, 0.15) is 0 Å². The molecule has 11 nitrogen and oxygen atoms in total. The van der Waals surface area contributed by atoms with Crippen molar-refractivity contribution in [2.45, 2.75) is 24.5 Å². The Morgan fingerprint density at radius 1 is 1.48 bits per heavy atom. The van der Waals surface area contributed by atoms with Crippen LogP contribution in [0.25, 0.3) is 0 Å². The first kappa shape index (κ1) is 19.1. The van der Waals surface area contributed by atoms with Crippen LogP contribution in [-0.4, -0.2) is 96.3 Å². The summed E-state index contributed by atoms with van der Waals surface area (Å²) in [4.78, 5) is 20.2. The average molecular weight is 354 g/mol. The third-order valence-corrected chi connectivity index (χ3v) is 3.95. The van der Waals surface area contributed by atoms with Gasteiger partial charge in [-0.2, -0.15) is 0 Å². The number of rotatable bonds is 5. The van der Waals surface area contributed by atoms with Crippen LogP contribution in [0.15, 0.2) is 26.4 Å². The Morgan fingerprint density at radius 2 is 2.16 bits per heavy atom. The Balaban J connectivity index is 2.24. The van der Waals surface area contributed by atoms with Crippen molar-refractivity contribution in [2.24, 2.45) is 20.8 Å². The predicted molar refractivity (Wildman–Crippen MR) is 90.1 cm³/mol. The van der Waals surface area contributed by atoms with Crippen LogP contribution in [0.3, 0.4) is 0 Å². The third kappa shape index (κ3) is 3.60. The second-order valence-electron chi connectivity index (χ2n) is 5.50. The molecule has 11 heteroatoms. The number of carbonyl (C=O) groups is 1. The molecule has 0 aromatic carbocycles. The lowest BCUT2D eigenvalue weighted by Gasteiger charge is -2.24. The Bertz CT molecular complexity index is 646. The second kappa shape index (κ2) is 7.80. The number of hydrazone groups is 1. The Kier molecular flexibility index (Phi) is 5.98. The Hall–Kier alpha value is -2.18. The maximum Gasteiger partial charge on any atom is 0.235 e. The molecule has 2 aliphatic heterocycles. The van der Waals surface area contributed by atoms with Gasteiger partial charge in [-0.25, -0.2) is 5.01 Å². The molecule has 4 atom stereocenters.